The molecule has 0 aliphatic carbocycles. The molecule has 7 heteroatoms. The smallest absolute Gasteiger partial charge is 0.340 e. The van der Waals surface area contributed by atoms with Crippen molar-refractivity contribution < 1.29 is 14.3 Å². The first kappa shape index (κ1) is 19.1. The monoisotopic (exact) mass is 402 g/mol. The number of esters is 1. The molecule has 0 aliphatic rings. The van der Waals surface area contributed by atoms with Gasteiger partial charge in [0.05, 0.1) is 16.6 Å². The van der Waals surface area contributed by atoms with Gasteiger partial charge in [-0.2, -0.15) is 0 Å². The Hall–Kier alpha value is -2.63. The van der Waals surface area contributed by atoms with Gasteiger partial charge in [-0.05, 0) is 29.3 Å². The van der Waals surface area contributed by atoms with Gasteiger partial charge in [0.1, 0.15) is 5.15 Å². The minimum Gasteiger partial charge on any atom is -0.452 e. The van der Waals surface area contributed by atoms with E-state index in [1.54, 1.807) is 0 Å². The molecule has 138 valence electrons. The van der Waals surface area contributed by atoms with Crippen LogP contribution in [0.15, 0.2) is 54.7 Å². The summed E-state index contributed by atoms with van der Waals surface area (Å²) in [6.07, 6.45) is 1.24. The molecule has 1 amide bonds. The van der Waals surface area contributed by atoms with E-state index >= 15 is 0 Å². The first-order valence-electron chi connectivity index (χ1n) is 8.21. The Kier molecular flexibility index (Phi) is 5.94. The van der Waals surface area contributed by atoms with E-state index in [0.29, 0.717) is 0 Å². The SMILES string of the molecule is C[C@H](NC(=O)COC(=O)c1cnc(Cl)c(Cl)c1)c1cccc2ccccc12. The lowest BCUT2D eigenvalue weighted by Crippen LogP contribution is -2.31. The van der Waals surface area contributed by atoms with Crippen LogP contribution < -0.4 is 5.32 Å². The number of rotatable bonds is 5. The van der Waals surface area contributed by atoms with E-state index in [4.69, 9.17) is 27.9 Å². The van der Waals surface area contributed by atoms with Gasteiger partial charge in [-0.1, -0.05) is 65.7 Å². The van der Waals surface area contributed by atoms with Crippen LogP contribution in [0.25, 0.3) is 10.8 Å². The number of carbonyl (C=O) groups is 2. The Morgan fingerprint density at radius 2 is 1.89 bits per heavy atom. The standard InChI is InChI=1S/C20H16Cl2N2O3/c1-12(15-8-4-6-13-5-2-3-7-16(13)15)24-18(25)11-27-20(26)14-9-17(21)19(22)23-10-14/h2-10,12H,11H2,1H3,(H,24,25)/t12-/m0/s1. The van der Waals surface area contributed by atoms with Gasteiger partial charge < -0.3 is 10.1 Å². The van der Waals surface area contributed by atoms with Gasteiger partial charge in [0.25, 0.3) is 5.91 Å². The third-order valence-corrected chi connectivity index (χ3v) is 4.72. The normalized spacial score (nSPS) is 11.8. The Morgan fingerprint density at radius 1 is 1.15 bits per heavy atom. The fraction of sp³-hybridized carbons (Fsp3) is 0.150. The van der Waals surface area contributed by atoms with Crippen molar-refractivity contribution in [2.75, 3.05) is 6.61 Å². The summed E-state index contributed by atoms with van der Waals surface area (Å²) in [5.74, 6) is -1.11. The average molecular weight is 403 g/mol. The van der Waals surface area contributed by atoms with Crippen LogP contribution >= 0.6 is 23.2 Å². The number of aromatic nitrogens is 1. The molecular formula is C20H16Cl2N2O3. The lowest BCUT2D eigenvalue weighted by atomic mass is 10.00. The van der Waals surface area contributed by atoms with Crippen LogP contribution in [0.2, 0.25) is 10.2 Å². The molecule has 0 aliphatic heterocycles. The van der Waals surface area contributed by atoms with E-state index in [2.05, 4.69) is 10.3 Å². The molecule has 27 heavy (non-hydrogen) atoms. The zero-order chi connectivity index (χ0) is 19.4. The van der Waals surface area contributed by atoms with Gasteiger partial charge in [0, 0.05) is 6.20 Å². The predicted molar refractivity (Wildman–Crippen MR) is 105 cm³/mol. The molecule has 1 N–H and O–H groups in total. The third kappa shape index (κ3) is 4.56. The van der Waals surface area contributed by atoms with Crippen molar-refractivity contribution in [2.45, 2.75) is 13.0 Å². The number of amides is 1. The molecule has 3 aromatic rings. The van der Waals surface area contributed by atoms with Crippen LogP contribution in [-0.2, 0) is 9.53 Å². The quantitative estimate of drug-likeness (QED) is 0.500. The Bertz CT molecular complexity index is 1000. The number of nitrogens with one attached hydrogen (secondary N) is 1. The summed E-state index contributed by atoms with van der Waals surface area (Å²) in [6.45, 7) is 1.47. The zero-order valence-corrected chi connectivity index (χ0v) is 15.9. The van der Waals surface area contributed by atoms with Gasteiger partial charge in [0.2, 0.25) is 0 Å². The number of benzene rings is 2. The van der Waals surface area contributed by atoms with E-state index < -0.39 is 18.5 Å². The van der Waals surface area contributed by atoms with E-state index in [1.807, 2.05) is 49.4 Å². The number of hydrogen-bond donors (Lipinski definition) is 1. The summed E-state index contributed by atoms with van der Waals surface area (Å²) in [7, 11) is 0. The van der Waals surface area contributed by atoms with Crippen molar-refractivity contribution in [1.29, 1.82) is 0 Å². The molecule has 0 saturated heterocycles. The van der Waals surface area contributed by atoms with E-state index in [1.165, 1.54) is 12.3 Å². The fourth-order valence-electron chi connectivity index (χ4n) is 2.74. The summed E-state index contributed by atoms with van der Waals surface area (Å²) < 4.78 is 5.02. The van der Waals surface area contributed by atoms with Gasteiger partial charge in [0.15, 0.2) is 6.61 Å². The van der Waals surface area contributed by atoms with Gasteiger partial charge >= 0.3 is 5.97 Å². The van der Waals surface area contributed by atoms with Crippen molar-refractivity contribution in [3.63, 3.8) is 0 Å². The van der Waals surface area contributed by atoms with Crippen molar-refractivity contribution >= 4 is 45.9 Å². The van der Waals surface area contributed by atoms with Crippen LogP contribution in [0.5, 0.6) is 0 Å². The molecule has 0 radical (unpaired) electrons. The van der Waals surface area contributed by atoms with E-state index in [0.717, 1.165) is 16.3 Å². The molecular weight excluding hydrogens is 387 g/mol. The van der Waals surface area contributed by atoms with Gasteiger partial charge in [-0.15, -0.1) is 0 Å². The molecule has 1 atom stereocenters. The molecule has 0 bridgehead atoms. The molecule has 2 aromatic carbocycles. The molecule has 5 nitrogen and oxygen atoms in total. The van der Waals surface area contributed by atoms with E-state index in [-0.39, 0.29) is 21.8 Å². The van der Waals surface area contributed by atoms with Crippen LogP contribution in [0.3, 0.4) is 0 Å². The highest BCUT2D eigenvalue weighted by Gasteiger charge is 2.15. The topological polar surface area (TPSA) is 68.3 Å². The Morgan fingerprint density at radius 3 is 2.67 bits per heavy atom. The maximum Gasteiger partial charge on any atom is 0.340 e. The minimum atomic E-state index is -0.700. The first-order chi connectivity index (χ1) is 13.0. The highest BCUT2D eigenvalue weighted by Crippen LogP contribution is 2.24. The summed E-state index contributed by atoms with van der Waals surface area (Å²) >= 11 is 11.5. The second kappa shape index (κ2) is 8.37. The molecule has 1 heterocycles. The first-order valence-corrected chi connectivity index (χ1v) is 8.96. The molecule has 0 fully saturated rings. The van der Waals surface area contributed by atoms with Gasteiger partial charge in [-0.25, -0.2) is 9.78 Å². The molecule has 1 aromatic heterocycles. The maximum atomic E-state index is 12.2. The highest BCUT2D eigenvalue weighted by atomic mass is 35.5. The fourth-order valence-corrected chi connectivity index (χ4v) is 3.01. The summed E-state index contributed by atoms with van der Waals surface area (Å²) in [5.41, 5.74) is 1.11. The van der Waals surface area contributed by atoms with Crippen molar-refractivity contribution in [3.05, 3.63) is 76.0 Å². The number of pyridine rings is 1. The number of hydrogen-bond acceptors (Lipinski definition) is 4. The Labute approximate surface area is 166 Å². The summed E-state index contributed by atoms with van der Waals surface area (Å²) in [6, 6.07) is 15.0. The van der Waals surface area contributed by atoms with E-state index in [9.17, 15) is 9.59 Å². The molecule has 0 spiro atoms. The Balaban J connectivity index is 1.61. The lowest BCUT2D eigenvalue weighted by molar-refractivity contribution is -0.124. The zero-order valence-electron chi connectivity index (χ0n) is 14.4. The largest absolute Gasteiger partial charge is 0.452 e. The third-order valence-electron chi connectivity index (χ3n) is 4.03. The van der Waals surface area contributed by atoms with Crippen LogP contribution in [0, 0.1) is 0 Å². The predicted octanol–water partition coefficient (Wildman–Crippen LogP) is 4.58. The highest BCUT2D eigenvalue weighted by molar-refractivity contribution is 6.41. The number of nitrogens with zero attached hydrogens (tertiary/aromatic N) is 1. The second-order valence-corrected chi connectivity index (χ2v) is 6.70. The van der Waals surface area contributed by atoms with Crippen molar-refractivity contribution in [3.8, 4) is 0 Å². The molecule has 0 unspecified atom stereocenters. The van der Waals surface area contributed by atoms with Crippen LogP contribution in [0.1, 0.15) is 28.9 Å². The lowest BCUT2D eigenvalue weighted by Gasteiger charge is -2.16. The minimum absolute atomic E-state index is 0.0925. The van der Waals surface area contributed by atoms with Crippen LogP contribution in [0.4, 0.5) is 0 Å². The molecule has 0 saturated carbocycles. The van der Waals surface area contributed by atoms with Crippen molar-refractivity contribution in [2.24, 2.45) is 0 Å². The number of halogens is 2. The second-order valence-electron chi connectivity index (χ2n) is 5.93. The maximum absolute atomic E-state index is 12.2. The summed E-state index contributed by atoms with van der Waals surface area (Å²) in [4.78, 5) is 27.9. The van der Waals surface area contributed by atoms with Crippen LogP contribution in [-0.4, -0.2) is 23.5 Å². The number of fused-ring (bicyclic) bond motifs is 1. The van der Waals surface area contributed by atoms with Gasteiger partial charge in [-0.3, -0.25) is 4.79 Å². The number of ether oxygens (including phenoxy) is 1. The van der Waals surface area contributed by atoms with Crippen molar-refractivity contribution in [1.82, 2.24) is 10.3 Å². The summed E-state index contributed by atoms with van der Waals surface area (Å²) in [5, 5.41) is 5.22. The molecule has 3 rings (SSSR count). The average Bonchev–Trinajstić information content (AvgIpc) is 2.67. The number of carbonyl (C=O) groups excluding carboxylic acids is 2.